The van der Waals surface area contributed by atoms with Crippen LogP contribution in [0.4, 0.5) is 0 Å². The average Bonchev–Trinajstić information content (AvgIpc) is 2.20. The lowest BCUT2D eigenvalue weighted by atomic mass is 10.1. The molecule has 0 fully saturated rings. The Kier molecular flexibility index (Phi) is 3.92. The molecule has 0 saturated heterocycles. The zero-order valence-corrected chi connectivity index (χ0v) is 8.69. The van der Waals surface area contributed by atoms with Crippen LogP contribution in [0.1, 0.15) is 22.3 Å². The number of hydrogen-bond acceptors (Lipinski definition) is 2. The van der Waals surface area contributed by atoms with E-state index in [0.29, 0.717) is 6.61 Å². The lowest BCUT2D eigenvalue weighted by Crippen LogP contribution is -2.00. The fraction of sp³-hybridized carbons (Fsp3) is 0.250. The Morgan fingerprint density at radius 1 is 1.60 bits per heavy atom. The summed E-state index contributed by atoms with van der Waals surface area (Å²) in [6.45, 7) is 5.99. The first-order chi connectivity index (χ1) is 7.15. The molecule has 0 bridgehead atoms. The first-order valence-corrected chi connectivity index (χ1v) is 4.73. The molecule has 0 radical (unpaired) electrons. The van der Waals surface area contributed by atoms with Crippen molar-refractivity contribution in [3.8, 4) is 5.75 Å². The third kappa shape index (κ3) is 3.13. The molecular formula is C12H14O3. The largest absolute Gasteiger partial charge is 0.493 e. The number of ether oxygens (including phenoxy) is 1. The van der Waals surface area contributed by atoms with Crippen molar-refractivity contribution in [2.24, 2.45) is 0 Å². The van der Waals surface area contributed by atoms with Gasteiger partial charge in [-0.05, 0) is 37.1 Å². The van der Waals surface area contributed by atoms with Crippen LogP contribution in [0.2, 0.25) is 0 Å². The molecule has 1 rings (SSSR count). The van der Waals surface area contributed by atoms with Gasteiger partial charge in [-0.15, -0.1) is 6.58 Å². The van der Waals surface area contributed by atoms with Crippen molar-refractivity contribution in [2.45, 2.75) is 13.3 Å². The van der Waals surface area contributed by atoms with Gasteiger partial charge in [-0.2, -0.15) is 0 Å². The Bertz CT molecular complexity index is 369. The van der Waals surface area contributed by atoms with E-state index in [4.69, 9.17) is 9.84 Å². The highest BCUT2D eigenvalue weighted by molar-refractivity contribution is 5.88. The molecule has 3 heteroatoms. The van der Waals surface area contributed by atoms with Gasteiger partial charge in [0, 0.05) is 0 Å². The third-order valence-corrected chi connectivity index (χ3v) is 2.00. The van der Waals surface area contributed by atoms with Crippen molar-refractivity contribution >= 4 is 5.97 Å². The minimum absolute atomic E-state index is 0.281. The minimum atomic E-state index is -0.921. The normalized spacial score (nSPS) is 9.67. The Balaban J connectivity index is 2.74. The number of aryl methyl sites for hydroxylation is 1. The summed E-state index contributed by atoms with van der Waals surface area (Å²) in [5.41, 5.74) is 1.11. The van der Waals surface area contributed by atoms with Crippen molar-refractivity contribution in [2.75, 3.05) is 6.61 Å². The van der Waals surface area contributed by atoms with Gasteiger partial charge in [-0.25, -0.2) is 4.79 Å². The summed E-state index contributed by atoms with van der Waals surface area (Å²) in [7, 11) is 0. The molecule has 3 nitrogen and oxygen atoms in total. The second-order valence-electron chi connectivity index (χ2n) is 3.21. The molecule has 1 aromatic rings. The van der Waals surface area contributed by atoms with Crippen molar-refractivity contribution in [1.82, 2.24) is 0 Å². The van der Waals surface area contributed by atoms with Crippen LogP contribution in [0.5, 0.6) is 5.75 Å². The van der Waals surface area contributed by atoms with Gasteiger partial charge < -0.3 is 9.84 Å². The van der Waals surface area contributed by atoms with E-state index in [1.165, 1.54) is 0 Å². The van der Waals surface area contributed by atoms with Crippen LogP contribution < -0.4 is 4.74 Å². The van der Waals surface area contributed by atoms with E-state index in [1.54, 1.807) is 24.3 Å². The monoisotopic (exact) mass is 206 g/mol. The van der Waals surface area contributed by atoms with E-state index in [9.17, 15) is 4.79 Å². The molecule has 80 valence electrons. The lowest BCUT2D eigenvalue weighted by molar-refractivity contribution is 0.0696. The molecule has 0 aromatic heterocycles. The number of carboxylic acid groups (broad SMARTS) is 1. The maximum absolute atomic E-state index is 10.7. The zero-order chi connectivity index (χ0) is 11.3. The number of benzene rings is 1. The predicted octanol–water partition coefficient (Wildman–Crippen LogP) is 2.65. The summed E-state index contributed by atoms with van der Waals surface area (Å²) >= 11 is 0. The van der Waals surface area contributed by atoms with Gasteiger partial charge in [-0.3, -0.25) is 0 Å². The molecule has 0 unspecified atom stereocenters. The van der Waals surface area contributed by atoms with Crippen LogP contribution in [0, 0.1) is 6.92 Å². The molecule has 0 atom stereocenters. The maximum atomic E-state index is 10.7. The SMILES string of the molecule is C=CCCOc1ccc(C(=O)O)cc1C. The first kappa shape index (κ1) is 11.3. The standard InChI is InChI=1S/C12H14O3/c1-3-4-7-15-11-6-5-10(12(13)14)8-9(11)2/h3,5-6,8H,1,4,7H2,2H3,(H,13,14). The molecule has 1 aromatic carbocycles. The maximum Gasteiger partial charge on any atom is 0.335 e. The highest BCUT2D eigenvalue weighted by Crippen LogP contribution is 2.19. The number of carbonyl (C=O) groups is 1. The molecule has 0 amide bonds. The summed E-state index contributed by atoms with van der Waals surface area (Å²) in [5, 5.41) is 8.76. The van der Waals surface area contributed by atoms with Gasteiger partial charge in [0.05, 0.1) is 12.2 Å². The topological polar surface area (TPSA) is 46.5 Å². The molecule has 0 spiro atoms. The van der Waals surface area contributed by atoms with Crippen LogP contribution in [0.25, 0.3) is 0 Å². The van der Waals surface area contributed by atoms with E-state index < -0.39 is 5.97 Å². The van der Waals surface area contributed by atoms with Gasteiger partial charge in [0.1, 0.15) is 5.75 Å². The van der Waals surface area contributed by atoms with Gasteiger partial charge >= 0.3 is 5.97 Å². The summed E-state index contributed by atoms with van der Waals surface area (Å²) in [5.74, 6) is -0.197. The second kappa shape index (κ2) is 5.20. The number of rotatable bonds is 5. The number of carboxylic acids is 1. The van der Waals surface area contributed by atoms with E-state index in [2.05, 4.69) is 6.58 Å². The van der Waals surface area contributed by atoms with E-state index >= 15 is 0 Å². The quantitative estimate of drug-likeness (QED) is 0.595. The zero-order valence-electron chi connectivity index (χ0n) is 8.69. The summed E-state index contributed by atoms with van der Waals surface area (Å²) in [6.07, 6.45) is 2.56. The number of aromatic carboxylic acids is 1. The van der Waals surface area contributed by atoms with E-state index in [0.717, 1.165) is 17.7 Å². The van der Waals surface area contributed by atoms with Crippen LogP contribution in [0.15, 0.2) is 30.9 Å². The Morgan fingerprint density at radius 3 is 2.87 bits per heavy atom. The fourth-order valence-electron chi connectivity index (χ4n) is 1.20. The van der Waals surface area contributed by atoms with Crippen molar-refractivity contribution in [3.05, 3.63) is 42.0 Å². The van der Waals surface area contributed by atoms with Gasteiger partial charge in [0.25, 0.3) is 0 Å². The summed E-state index contributed by atoms with van der Waals surface area (Å²) < 4.78 is 5.45. The van der Waals surface area contributed by atoms with Crippen molar-refractivity contribution < 1.29 is 14.6 Å². The highest BCUT2D eigenvalue weighted by atomic mass is 16.5. The average molecular weight is 206 g/mol. The van der Waals surface area contributed by atoms with Crippen molar-refractivity contribution in [3.63, 3.8) is 0 Å². The van der Waals surface area contributed by atoms with Gasteiger partial charge in [-0.1, -0.05) is 6.08 Å². The van der Waals surface area contributed by atoms with E-state index in [1.807, 2.05) is 6.92 Å². The van der Waals surface area contributed by atoms with Gasteiger partial charge in [0.2, 0.25) is 0 Å². The Hall–Kier alpha value is -1.77. The van der Waals surface area contributed by atoms with Crippen LogP contribution in [-0.4, -0.2) is 17.7 Å². The molecule has 0 heterocycles. The Morgan fingerprint density at radius 2 is 2.33 bits per heavy atom. The molecule has 0 aliphatic rings. The highest BCUT2D eigenvalue weighted by Gasteiger charge is 2.05. The molecule has 0 aliphatic carbocycles. The van der Waals surface area contributed by atoms with Crippen molar-refractivity contribution in [1.29, 1.82) is 0 Å². The van der Waals surface area contributed by atoms with Crippen LogP contribution >= 0.6 is 0 Å². The Labute approximate surface area is 89.0 Å². The first-order valence-electron chi connectivity index (χ1n) is 4.73. The van der Waals surface area contributed by atoms with Gasteiger partial charge in [0.15, 0.2) is 0 Å². The van der Waals surface area contributed by atoms with E-state index in [-0.39, 0.29) is 5.56 Å². The smallest absolute Gasteiger partial charge is 0.335 e. The summed E-state index contributed by atoms with van der Waals surface area (Å²) in [6, 6.07) is 4.83. The lowest BCUT2D eigenvalue weighted by Gasteiger charge is -2.08. The molecule has 0 aliphatic heterocycles. The predicted molar refractivity (Wildman–Crippen MR) is 58.4 cm³/mol. The van der Waals surface area contributed by atoms with Crippen LogP contribution in [0.3, 0.4) is 0 Å². The number of hydrogen-bond donors (Lipinski definition) is 1. The molecule has 1 N–H and O–H groups in total. The minimum Gasteiger partial charge on any atom is -0.493 e. The molecule has 0 saturated carbocycles. The molecular weight excluding hydrogens is 192 g/mol. The molecule has 15 heavy (non-hydrogen) atoms. The third-order valence-electron chi connectivity index (χ3n) is 2.00. The second-order valence-corrected chi connectivity index (χ2v) is 3.21. The summed E-state index contributed by atoms with van der Waals surface area (Å²) in [4.78, 5) is 10.7. The van der Waals surface area contributed by atoms with Crippen LogP contribution in [-0.2, 0) is 0 Å². The fourth-order valence-corrected chi connectivity index (χ4v) is 1.20.